The number of nitrogens with zero attached hydrogens (tertiary/aromatic N) is 1. The molecule has 0 radical (unpaired) electrons. The van der Waals surface area contributed by atoms with Crippen LogP contribution in [0.25, 0.3) is 10.9 Å². The van der Waals surface area contributed by atoms with Crippen LogP contribution in [-0.4, -0.2) is 17.1 Å². The van der Waals surface area contributed by atoms with Gasteiger partial charge in [0.05, 0.1) is 6.21 Å². The van der Waals surface area contributed by atoms with Crippen molar-refractivity contribution in [3.05, 3.63) is 71.4 Å². The summed E-state index contributed by atoms with van der Waals surface area (Å²) in [5, 5.41) is 5.28. The van der Waals surface area contributed by atoms with Crippen LogP contribution in [0.4, 0.5) is 0 Å². The summed E-state index contributed by atoms with van der Waals surface area (Å²) < 4.78 is 0. The molecule has 0 saturated heterocycles. The van der Waals surface area contributed by atoms with Gasteiger partial charge in [0, 0.05) is 28.1 Å². The van der Waals surface area contributed by atoms with Crippen LogP contribution in [0.1, 0.15) is 29.2 Å². The average Bonchev–Trinajstić information content (AvgIpc) is 3.35. The van der Waals surface area contributed by atoms with Crippen molar-refractivity contribution in [1.29, 1.82) is 0 Å². The van der Waals surface area contributed by atoms with Gasteiger partial charge in [-0.3, -0.25) is 4.79 Å². The molecule has 1 amide bonds. The number of hydrazone groups is 1. The Labute approximate surface area is 140 Å². The standard InChI is InChI=1S/C20H19N3O/c1-13-18(15-9-5-6-10-19(15)22-13)12-21-23-20(24)17-11-16(17)14-7-3-2-4-8-14/h2-10,12,16-17,22H,11H2,1H3,(H,23,24)/b21-12+/t16-,17-/m1/s1. The molecule has 2 aromatic carbocycles. The molecule has 1 heterocycles. The summed E-state index contributed by atoms with van der Waals surface area (Å²) >= 11 is 0. The van der Waals surface area contributed by atoms with Crippen LogP contribution in [-0.2, 0) is 4.79 Å². The van der Waals surface area contributed by atoms with E-state index in [1.165, 1.54) is 5.56 Å². The number of H-pyrrole nitrogens is 1. The number of aromatic nitrogens is 1. The minimum Gasteiger partial charge on any atom is -0.358 e. The van der Waals surface area contributed by atoms with E-state index in [2.05, 4.69) is 27.6 Å². The SMILES string of the molecule is Cc1[nH]c2ccccc2c1/C=N/NC(=O)[C@@H]1C[C@@H]1c1ccccc1. The first-order valence-corrected chi connectivity index (χ1v) is 8.19. The molecule has 1 fully saturated rings. The maximum absolute atomic E-state index is 12.2. The third-order valence-electron chi connectivity index (χ3n) is 4.67. The minimum absolute atomic E-state index is 0.00222. The minimum atomic E-state index is -0.00222. The number of hydrogen-bond donors (Lipinski definition) is 2. The maximum atomic E-state index is 12.2. The molecule has 4 rings (SSSR count). The molecular weight excluding hydrogens is 298 g/mol. The lowest BCUT2D eigenvalue weighted by Crippen LogP contribution is -2.20. The fourth-order valence-electron chi connectivity index (χ4n) is 3.26. The second kappa shape index (κ2) is 5.96. The quantitative estimate of drug-likeness (QED) is 0.559. The van der Waals surface area contributed by atoms with Crippen molar-refractivity contribution in [2.24, 2.45) is 11.0 Å². The van der Waals surface area contributed by atoms with Gasteiger partial charge in [-0.05, 0) is 30.9 Å². The molecular formula is C20H19N3O. The molecule has 0 bridgehead atoms. The van der Waals surface area contributed by atoms with Gasteiger partial charge < -0.3 is 4.98 Å². The van der Waals surface area contributed by atoms with E-state index in [4.69, 9.17) is 0 Å². The number of nitrogens with one attached hydrogen (secondary N) is 2. The number of aromatic amines is 1. The highest BCUT2D eigenvalue weighted by atomic mass is 16.2. The van der Waals surface area contributed by atoms with E-state index in [0.29, 0.717) is 5.92 Å². The van der Waals surface area contributed by atoms with Gasteiger partial charge in [0.2, 0.25) is 5.91 Å². The lowest BCUT2D eigenvalue weighted by molar-refractivity contribution is -0.122. The van der Waals surface area contributed by atoms with Crippen LogP contribution in [0, 0.1) is 12.8 Å². The van der Waals surface area contributed by atoms with Crippen LogP contribution in [0.2, 0.25) is 0 Å². The van der Waals surface area contributed by atoms with E-state index < -0.39 is 0 Å². The van der Waals surface area contributed by atoms with E-state index >= 15 is 0 Å². The van der Waals surface area contributed by atoms with Gasteiger partial charge in [-0.15, -0.1) is 0 Å². The van der Waals surface area contributed by atoms with Gasteiger partial charge in [0.25, 0.3) is 0 Å². The zero-order valence-electron chi connectivity index (χ0n) is 13.5. The Morgan fingerprint density at radius 3 is 2.75 bits per heavy atom. The number of aryl methyl sites for hydroxylation is 1. The van der Waals surface area contributed by atoms with Crippen LogP contribution < -0.4 is 5.43 Å². The number of carbonyl (C=O) groups is 1. The van der Waals surface area contributed by atoms with Crippen molar-refractivity contribution in [1.82, 2.24) is 10.4 Å². The number of para-hydroxylation sites is 1. The molecule has 0 spiro atoms. The number of fused-ring (bicyclic) bond motifs is 1. The molecule has 0 unspecified atom stereocenters. The average molecular weight is 317 g/mol. The number of hydrogen-bond acceptors (Lipinski definition) is 2. The monoisotopic (exact) mass is 317 g/mol. The fourth-order valence-corrected chi connectivity index (χ4v) is 3.26. The van der Waals surface area contributed by atoms with Crippen LogP contribution in [0.15, 0.2) is 59.7 Å². The largest absolute Gasteiger partial charge is 0.358 e. The zero-order valence-corrected chi connectivity index (χ0v) is 13.5. The normalized spacial score (nSPS) is 19.7. The summed E-state index contributed by atoms with van der Waals surface area (Å²) in [5.41, 5.74) is 7.06. The van der Waals surface area contributed by atoms with Gasteiger partial charge in [-0.2, -0.15) is 5.10 Å². The van der Waals surface area contributed by atoms with Gasteiger partial charge in [0.15, 0.2) is 0 Å². The van der Waals surface area contributed by atoms with Crippen molar-refractivity contribution in [2.45, 2.75) is 19.3 Å². The molecule has 24 heavy (non-hydrogen) atoms. The highest BCUT2D eigenvalue weighted by Crippen LogP contribution is 2.47. The van der Waals surface area contributed by atoms with Gasteiger partial charge in [-0.1, -0.05) is 48.5 Å². The van der Waals surface area contributed by atoms with E-state index in [1.807, 2.05) is 49.4 Å². The molecule has 2 N–H and O–H groups in total. The van der Waals surface area contributed by atoms with E-state index in [9.17, 15) is 4.79 Å². The fraction of sp³-hybridized carbons (Fsp3) is 0.200. The Bertz CT molecular complexity index is 911. The summed E-state index contributed by atoms with van der Waals surface area (Å²) in [6.45, 7) is 2.01. The van der Waals surface area contributed by atoms with Gasteiger partial charge in [-0.25, -0.2) is 5.43 Å². The van der Waals surface area contributed by atoms with Gasteiger partial charge in [0.1, 0.15) is 0 Å². The number of rotatable bonds is 4. The third-order valence-corrected chi connectivity index (χ3v) is 4.67. The topological polar surface area (TPSA) is 57.2 Å². The molecule has 1 aliphatic rings. The molecule has 1 aromatic heterocycles. The Kier molecular flexibility index (Phi) is 3.65. The Morgan fingerprint density at radius 1 is 1.17 bits per heavy atom. The van der Waals surface area contributed by atoms with E-state index in [0.717, 1.165) is 28.6 Å². The predicted molar refractivity (Wildman–Crippen MR) is 96.1 cm³/mol. The van der Waals surface area contributed by atoms with Crippen molar-refractivity contribution in [2.75, 3.05) is 0 Å². The van der Waals surface area contributed by atoms with Crippen LogP contribution in [0.3, 0.4) is 0 Å². The molecule has 4 nitrogen and oxygen atoms in total. The highest BCUT2D eigenvalue weighted by molar-refractivity contribution is 6.00. The summed E-state index contributed by atoms with van der Waals surface area (Å²) in [7, 11) is 0. The zero-order chi connectivity index (χ0) is 16.5. The number of carbonyl (C=O) groups excluding carboxylic acids is 1. The van der Waals surface area contributed by atoms with Crippen LogP contribution >= 0.6 is 0 Å². The second-order valence-electron chi connectivity index (χ2n) is 6.30. The maximum Gasteiger partial charge on any atom is 0.243 e. The van der Waals surface area contributed by atoms with Crippen molar-refractivity contribution >= 4 is 23.0 Å². The van der Waals surface area contributed by atoms with Crippen molar-refractivity contribution < 1.29 is 4.79 Å². The summed E-state index contributed by atoms with van der Waals surface area (Å²) in [5.74, 6) is 0.363. The third kappa shape index (κ3) is 2.71. The van der Waals surface area contributed by atoms with Crippen molar-refractivity contribution in [3.63, 3.8) is 0 Å². The Hall–Kier alpha value is -2.88. The summed E-state index contributed by atoms with van der Waals surface area (Å²) in [6.07, 6.45) is 2.63. The second-order valence-corrected chi connectivity index (χ2v) is 6.30. The lowest BCUT2D eigenvalue weighted by atomic mass is 10.1. The Balaban J connectivity index is 1.43. The molecule has 2 atom stereocenters. The predicted octanol–water partition coefficient (Wildman–Crippen LogP) is 3.73. The first-order valence-electron chi connectivity index (χ1n) is 8.19. The molecule has 3 aromatic rings. The van der Waals surface area contributed by atoms with E-state index in [1.54, 1.807) is 6.21 Å². The first kappa shape index (κ1) is 14.7. The first-order chi connectivity index (χ1) is 11.7. The molecule has 1 aliphatic carbocycles. The van der Waals surface area contributed by atoms with E-state index in [-0.39, 0.29) is 11.8 Å². The Morgan fingerprint density at radius 2 is 1.92 bits per heavy atom. The smallest absolute Gasteiger partial charge is 0.243 e. The van der Waals surface area contributed by atoms with Crippen molar-refractivity contribution in [3.8, 4) is 0 Å². The van der Waals surface area contributed by atoms with Gasteiger partial charge >= 0.3 is 0 Å². The number of amides is 1. The summed E-state index contributed by atoms with van der Waals surface area (Å²) in [6, 6.07) is 18.3. The summed E-state index contributed by atoms with van der Waals surface area (Å²) in [4.78, 5) is 15.6. The highest BCUT2D eigenvalue weighted by Gasteiger charge is 2.43. The molecule has 120 valence electrons. The lowest BCUT2D eigenvalue weighted by Gasteiger charge is -2.00. The van der Waals surface area contributed by atoms with Crippen LogP contribution in [0.5, 0.6) is 0 Å². The molecule has 1 saturated carbocycles. The molecule has 0 aliphatic heterocycles. The molecule has 4 heteroatoms. The number of benzene rings is 2.